The number of hydrogen-bond donors (Lipinski definition) is 1. The molecule has 1 aromatic carbocycles. The van der Waals surface area contributed by atoms with E-state index in [4.69, 9.17) is 0 Å². The number of halogens is 1. The lowest BCUT2D eigenvalue weighted by Crippen LogP contribution is -2.47. The normalized spacial score (nSPS) is 16.9. The van der Waals surface area contributed by atoms with Gasteiger partial charge in [0.25, 0.3) is 0 Å². The smallest absolute Gasteiger partial charge is 0.0838 e. The minimum Gasteiger partial charge on any atom is -0.316 e. The van der Waals surface area contributed by atoms with Crippen LogP contribution < -0.4 is 5.32 Å². The van der Waals surface area contributed by atoms with E-state index in [0.717, 1.165) is 13.1 Å². The topological polar surface area (TPSA) is 42.7 Å². The SMILES string of the molecule is Cl.c1ccc(C(C2CNC2)n2ccnn2)cc1. The molecule has 1 N–H and O–H groups in total. The zero-order chi connectivity index (χ0) is 10.8. The molecule has 2 aromatic rings. The number of nitrogens with zero attached hydrogens (tertiary/aromatic N) is 3. The first-order valence-corrected chi connectivity index (χ1v) is 5.56. The standard InChI is InChI=1S/C12H14N4.ClH/c1-2-4-10(5-3-1)12(11-8-13-9-11)16-7-6-14-15-16;/h1-7,11-13H,8-9H2;1H. The molecule has 1 unspecified atom stereocenters. The molecule has 0 spiro atoms. The van der Waals surface area contributed by atoms with Crippen LogP contribution >= 0.6 is 12.4 Å². The van der Waals surface area contributed by atoms with E-state index in [2.05, 4.69) is 39.9 Å². The minimum atomic E-state index is 0. The summed E-state index contributed by atoms with van der Waals surface area (Å²) in [4.78, 5) is 0. The van der Waals surface area contributed by atoms with Crippen LogP contribution in [0.1, 0.15) is 11.6 Å². The van der Waals surface area contributed by atoms with Gasteiger partial charge in [0.2, 0.25) is 0 Å². The Morgan fingerprint density at radius 2 is 2.00 bits per heavy atom. The van der Waals surface area contributed by atoms with Crippen LogP contribution in [0.4, 0.5) is 0 Å². The molecule has 2 heterocycles. The highest BCUT2D eigenvalue weighted by Crippen LogP contribution is 2.28. The van der Waals surface area contributed by atoms with E-state index in [-0.39, 0.29) is 12.4 Å². The van der Waals surface area contributed by atoms with Crippen LogP contribution in [0.2, 0.25) is 0 Å². The van der Waals surface area contributed by atoms with Crippen molar-refractivity contribution < 1.29 is 0 Å². The van der Waals surface area contributed by atoms with Gasteiger partial charge >= 0.3 is 0 Å². The van der Waals surface area contributed by atoms with Gasteiger partial charge in [0.15, 0.2) is 0 Å². The predicted octanol–water partition coefficient (Wildman–Crippen LogP) is 1.51. The third-order valence-corrected chi connectivity index (χ3v) is 3.13. The van der Waals surface area contributed by atoms with Gasteiger partial charge in [-0.3, -0.25) is 0 Å². The highest BCUT2D eigenvalue weighted by atomic mass is 35.5. The molecule has 0 bridgehead atoms. The second-order valence-electron chi connectivity index (χ2n) is 4.16. The molecule has 5 heteroatoms. The summed E-state index contributed by atoms with van der Waals surface area (Å²) in [5.41, 5.74) is 1.31. The number of hydrogen-bond acceptors (Lipinski definition) is 3. The fourth-order valence-electron chi connectivity index (χ4n) is 2.19. The Labute approximate surface area is 106 Å². The number of aromatic nitrogens is 3. The molecule has 4 nitrogen and oxygen atoms in total. The summed E-state index contributed by atoms with van der Waals surface area (Å²) in [6, 6.07) is 10.8. The average Bonchev–Trinajstić information content (AvgIpc) is 2.77. The van der Waals surface area contributed by atoms with E-state index in [1.54, 1.807) is 6.20 Å². The van der Waals surface area contributed by atoms with Crippen LogP contribution in [0.5, 0.6) is 0 Å². The lowest BCUT2D eigenvalue weighted by Gasteiger charge is -2.34. The third kappa shape index (κ3) is 2.33. The Bertz CT molecular complexity index is 439. The second kappa shape index (κ2) is 5.29. The molecule has 0 aliphatic carbocycles. The van der Waals surface area contributed by atoms with Gasteiger partial charge < -0.3 is 5.32 Å². The lowest BCUT2D eigenvalue weighted by atomic mass is 9.89. The van der Waals surface area contributed by atoms with Gasteiger partial charge in [-0.05, 0) is 5.56 Å². The molecule has 0 amide bonds. The van der Waals surface area contributed by atoms with Crippen LogP contribution in [0.25, 0.3) is 0 Å². The summed E-state index contributed by atoms with van der Waals surface area (Å²) in [6.45, 7) is 2.11. The molecule has 0 radical (unpaired) electrons. The van der Waals surface area contributed by atoms with E-state index in [1.165, 1.54) is 5.56 Å². The van der Waals surface area contributed by atoms with Gasteiger partial charge in [-0.2, -0.15) is 0 Å². The molecule has 17 heavy (non-hydrogen) atoms. The summed E-state index contributed by atoms with van der Waals surface area (Å²) >= 11 is 0. The Morgan fingerprint density at radius 3 is 2.53 bits per heavy atom. The molecule has 1 saturated heterocycles. The summed E-state index contributed by atoms with van der Waals surface area (Å²) in [6.07, 6.45) is 3.68. The molecule has 3 rings (SSSR count). The molecule has 90 valence electrons. The summed E-state index contributed by atoms with van der Waals surface area (Å²) in [5, 5.41) is 11.3. The zero-order valence-corrected chi connectivity index (χ0v) is 10.2. The molecular weight excluding hydrogens is 236 g/mol. The van der Waals surface area contributed by atoms with Gasteiger partial charge in [0.1, 0.15) is 0 Å². The summed E-state index contributed by atoms with van der Waals surface area (Å²) in [7, 11) is 0. The minimum absolute atomic E-state index is 0. The van der Waals surface area contributed by atoms with Crippen molar-refractivity contribution in [3.8, 4) is 0 Å². The second-order valence-corrected chi connectivity index (χ2v) is 4.16. The van der Waals surface area contributed by atoms with Gasteiger partial charge in [0, 0.05) is 25.2 Å². The molecule has 1 aliphatic rings. The van der Waals surface area contributed by atoms with Crippen LogP contribution in [-0.2, 0) is 0 Å². The van der Waals surface area contributed by atoms with Crippen LogP contribution in [-0.4, -0.2) is 28.1 Å². The first kappa shape index (κ1) is 12.1. The number of rotatable bonds is 3. The Morgan fingerprint density at radius 1 is 1.24 bits per heavy atom. The van der Waals surface area contributed by atoms with Crippen molar-refractivity contribution in [3.05, 3.63) is 48.3 Å². The van der Waals surface area contributed by atoms with Gasteiger partial charge in [-0.15, -0.1) is 17.5 Å². The lowest BCUT2D eigenvalue weighted by molar-refractivity contribution is 0.250. The van der Waals surface area contributed by atoms with E-state index in [1.807, 2.05) is 16.9 Å². The largest absolute Gasteiger partial charge is 0.316 e. The Balaban J connectivity index is 0.00000108. The fraction of sp³-hybridized carbons (Fsp3) is 0.333. The number of benzene rings is 1. The van der Waals surface area contributed by atoms with Crippen LogP contribution in [0.15, 0.2) is 42.7 Å². The average molecular weight is 251 g/mol. The first-order chi connectivity index (χ1) is 7.95. The first-order valence-electron chi connectivity index (χ1n) is 5.56. The van der Waals surface area contributed by atoms with Crippen molar-refractivity contribution in [2.75, 3.05) is 13.1 Å². The zero-order valence-electron chi connectivity index (χ0n) is 9.36. The molecule has 1 aromatic heterocycles. The fourth-order valence-corrected chi connectivity index (χ4v) is 2.19. The quantitative estimate of drug-likeness (QED) is 0.898. The predicted molar refractivity (Wildman–Crippen MR) is 68.2 cm³/mol. The van der Waals surface area contributed by atoms with Crippen molar-refractivity contribution in [2.24, 2.45) is 5.92 Å². The van der Waals surface area contributed by atoms with Crippen molar-refractivity contribution >= 4 is 12.4 Å². The van der Waals surface area contributed by atoms with E-state index in [0.29, 0.717) is 12.0 Å². The maximum Gasteiger partial charge on any atom is 0.0838 e. The maximum absolute atomic E-state index is 4.13. The maximum atomic E-state index is 4.13. The van der Waals surface area contributed by atoms with Gasteiger partial charge in [-0.1, -0.05) is 35.5 Å². The summed E-state index contributed by atoms with van der Waals surface area (Å²) in [5.74, 6) is 0.615. The van der Waals surface area contributed by atoms with Crippen molar-refractivity contribution in [1.29, 1.82) is 0 Å². The highest BCUT2D eigenvalue weighted by molar-refractivity contribution is 5.85. The van der Waals surface area contributed by atoms with Crippen LogP contribution in [0, 0.1) is 5.92 Å². The summed E-state index contributed by atoms with van der Waals surface area (Å²) < 4.78 is 1.96. The Kier molecular flexibility index (Phi) is 3.76. The molecule has 0 saturated carbocycles. The van der Waals surface area contributed by atoms with E-state index < -0.39 is 0 Å². The molecule has 1 atom stereocenters. The van der Waals surface area contributed by atoms with Gasteiger partial charge in [0.05, 0.1) is 12.2 Å². The van der Waals surface area contributed by atoms with Crippen molar-refractivity contribution in [1.82, 2.24) is 20.3 Å². The van der Waals surface area contributed by atoms with Gasteiger partial charge in [-0.25, -0.2) is 4.68 Å². The number of nitrogens with one attached hydrogen (secondary N) is 1. The van der Waals surface area contributed by atoms with E-state index in [9.17, 15) is 0 Å². The van der Waals surface area contributed by atoms with Crippen molar-refractivity contribution in [2.45, 2.75) is 6.04 Å². The molecular formula is C12H15ClN4. The monoisotopic (exact) mass is 250 g/mol. The highest BCUT2D eigenvalue weighted by Gasteiger charge is 2.30. The van der Waals surface area contributed by atoms with Crippen LogP contribution in [0.3, 0.4) is 0 Å². The Hall–Kier alpha value is -1.39. The third-order valence-electron chi connectivity index (χ3n) is 3.13. The molecule has 1 fully saturated rings. The van der Waals surface area contributed by atoms with E-state index >= 15 is 0 Å². The molecule has 1 aliphatic heterocycles. The van der Waals surface area contributed by atoms with Crippen molar-refractivity contribution in [3.63, 3.8) is 0 Å².